The van der Waals surface area contributed by atoms with Gasteiger partial charge >= 0.3 is 0 Å². The van der Waals surface area contributed by atoms with Crippen molar-refractivity contribution in [2.75, 3.05) is 11.4 Å². The zero-order valence-corrected chi connectivity index (χ0v) is 18.8. The number of amides is 1. The molecule has 0 unspecified atom stereocenters. The molecule has 0 bridgehead atoms. The van der Waals surface area contributed by atoms with Crippen molar-refractivity contribution in [1.82, 2.24) is 14.1 Å². The molecule has 3 aromatic rings. The minimum atomic E-state index is -3.90. The second kappa shape index (κ2) is 7.84. The van der Waals surface area contributed by atoms with E-state index in [2.05, 4.69) is 9.71 Å². The predicted octanol–water partition coefficient (Wildman–Crippen LogP) is 3.81. The summed E-state index contributed by atoms with van der Waals surface area (Å²) in [7, 11) is -3.90. The number of nitrogens with zero attached hydrogens (tertiary/aromatic N) is 3. The van der Waals surface area contributed by atoms with Crippen LogP contribution < -0.4 is 9.62 Å². The average molecular weight is 463 g/mol. The van der Waals surface area contributed by atoms with Crippen LogP contribution in [0.3, 0.4) is 0 Å². The first-order valence-corrected chi connectivity index (χ1v) is 11.7. The molecular formula is C22H24F2N4O3S. The van der Waals surface area contributed by atoms with Crippen LogP contribution in [0.5, 0.6) is 0 Å². The van der Waals surface area contributed by atoms with Crippen LogP contribution in [-0.2, 0) is 10.0 Å². The molecule has 0 spiro atoms. The summed E-state index contributed by atoms with van der Waals surface area (Å²) in [6.07, 6.45) is 4.41. The van der Waals surface area contributed by atoms with E-state index >= 15 is 0 Å². The monoisotopic (exact) mass is 462 g/mol. The lowest BCUT2D eigenvalue weighted by Gasteiger charge is -2.27. The van der Waals surface area contributed by atoms with Crippen molar-refractivity contribution in [1.29, 1.82) is 0 Å². The first-order chi connectivity index (χ1) is 15.0. The molecule has 10 heteroatoms. The summed E-state index contributed by atoms with van der Waals surface area (Å²) in [5.74, 6) is -1.77. The molecule has 0 saturated carbocycles. The Kier molecular flexibility index (Phi) is 5.44. The maximum absolute atomic E-state index is 14.4. The van der Waals surface area contributed by atoms with Gasteiger partial charge < -0.3 is 4.90 Å². The van der Waals surface area contributed by atoms with Crippen LogP contribution in [0.15, 0.2) is 42.7 Å². The van der Waals surface area contributed by atoms with Gasteiger partial charge in [0.05, 0.1) is 22.7 Å². The number of sulfonamides is 1. The van der Waals surface area contributed by atoms with Crippen molar-refractivity contribution in [3.63, 3.8) is 0 Å². The largest absolute Gasteiger partial charge is 0.363 e. The number of hydrogen-bond donors (Lipinski definition) is 1. The van der Waals surface area contributed by atoms with E-state index in [1.807, 2.05) is 4.90 Å². The number of aromatic nitrogens is 2. The predicted molar refractivity (Wildman–Crippen MR) is 117 cm³/mol. The highest BCUT2D eigenvalue weighted by molar-refractivity contribution is 7.91. The number of benzene rings is 1. The maximum atomic E-state index is 14.4. The molecule has 0 aliphatic carbocycles. The standard InChI is InChI=1S/C22H24F2N4O3S/c1-22(2,3)32(30,31)26-21(29)19-12-25-20-9-7-15(13-28(19)20)27-10-4-5-18(27)16-11-14(23)6-8-17(16)24/h6-9,11-13,18H,4-5,10H2,1-3H3,(H,26,29)/t18-/m1/s1. The summed E-state index contributed by atoms with van der Waals surface area (Å²) in [6.45, 7) is 5.11. The third kappa shape index (κ3) is 3.94. The van der Waals surface area contributed by atoms with E-state index in [4.69, 9.17) is 0 Å². The Balaban J connectivity index is 1.70. The van der Waals surface area contributed by atoms with E-state index in [-0.39, 0.29) is 17.3 Å². The average Bonchev–Trinajstić information content (AvgIpc) is 3.35. The Bertz CT molecular complexity index is 1300. The van der Waals surface area contributed by atoms with Gasteiger partial charge in [-0.3, -0.25) is 9.20 Å². The first-order valence-electron chi connectivity index (χ1n) is 10.2. The van der Waals surface area contributed by atoms with E-state index < -0.39 is 32.3 Å². The smallest absolute Gasteiger partial charge is 0.283 e. The highest BCUT2D eigenvalue weighted by Gasteiger charge is 2.32. The molecule has 3 heterocycles. The van der Waals surface area contributed by atoms with Gasteiger partial charge in [0.2, 0.25) is 10.0 Å². The number of hydrogen-bond acceptors (Lipinski definition) is 5. The Morgan fingerprint density at radius 1 is 1.19 bits per heavy atom. The van der Waals surface area contributed by atoms with Gasteiger partial charge in [-0.2, -0.15) is 0 Å². The maximum Gasteiger partial charge on any atom is 0.283 e. The van der Waals surface area contributed by atoms with Crippen LogP contribution in [0.25, 0.3) is 5.65 Å². The molecule has 1 N–H and O–H groups in total. The minimum absolute atomic E-state index is 0.0577. The van der Waals surface area contributed by atoms with Gasteiger partial charge in [0.1, 0.15) is 23.0 Å². The Morgan fingerprint density at radius 2 is 1.94 bits per heavy atom. The fourth-order valence-electron chi connectivity index (χ4n) is 3.80. The number of rotatable bonds is 4. The van der Waals surface area contributed by atoms with Crippen molar-refractivity contribution >= 4 is 27.3 Å². The van der Waals surface area contributed by atoms with Gasteiger partial charge in [-0.05, 0) is 63.9 Å². The van der Waals surface area contributed by atoms with Crippen LogP contribution >= 0.6 is 0 Å². The number of nitrogens with one attached hydrogen (secondary N) is 1. The summed E-state index contributed by atoms with van der Waals surface area (Å²) in [5.41, 5.74) is 1.49. The molecule has 1 fully saturated rings. The Morgan fingerprint density at radius 3 is 2.66 bits per heavy atom. The third-order valence-corrected chi connectivity index (χ3v) is 7.72. The van der Waals surface area contributed by atoms with Gasteiger partial charge in [0, 0.05) is 18.3 Å². The summed E-state index contributed by atoms with van der Waals surface area (Å²) >= 11 is 0. The molecule has 1 aliphatic rings. The topological polar surface area (TPSA) is 83.8 Å². The fraction of sp³-hybridized carbons (Fsp3) is 0.364. The van der Waals surface area contributed by atoms with E-state index in [0.29, 0.717) is 24.3 Å². The molecule has 1 aromatic carbocycles. The number of pyridine rings is 1. The molecule has 1 aliphatic heterocycles. The van der Waals surface area contributed by atoms with Gasteiger partial charge in [-0.1, -0.05) is 0 Å². The molecule has 1 atom stereocenters. The van der Waals surface area contributed by atoms with Crippen LogP contribution in [0.4, 0.5) is 14.5 Å². The summed E-state index contributed by atoms with van der Waals surface area (Å²) in [6, 6.07) is 6.56. The lowest BCUT2D eigenvalue weighted by atomic mass is 10.0. The lowest BCUT2D eigenvalue weighted by Crippen LogP contribution is -2.42. The molecule has 1 saturated heterocycles. The second-order valence-electron chi connectivity index (χ2n) is 8.82. The van der Waals surface area contributed by atoms with Crippen molar-refractivity contribution in [3.05, 3.63) is 65.6 Å². The summed E-state index contributed by atoms with van der Waals surface area (Å²) in [5, 5.41) is 0. The number of carbonyl (C=O) groups excluding carboxylic acids is 1. The van der Waals surface area contributed by atoms with Crippen molar-refractivity contribution < 1.29 is 22.0 Å². The molecule has 4 rings (SSSR count). The van der Waals surface area contributed by atoms with Gasteiger partial charge in [0.25, 0.3) is 5.91 Å². The van der Waals surface area contributed by atoms with Crippen LogP contribution in [-0.4, -0.2) is 35.0 Å². The number of fused-ring (bicyclic) bond motifs is 1. The Labute approximate surface area is 185 Å². The van der Waals surface area contributed by atoms with E-state index in [1.165, 1.54) is 37.4 Å². The van der Waals surface area contributed by atoms with Gasteiger partial charge in [-0.25, -0.2) is 26.9 Å². The minimum Gasteiger partial charge on any atom is -0.363 e. The van der Waals surface area contributed by atoms with E-state index in [9.17, 15) is 22.0 Å². The van der Waals surface area contributed by atoms with Crippen molar-refractivity contribution in [2.24, 2.45) is 0 Å². The third-order valence-electron chi connectivity index (χ3n) is 5.66. The molecule has 7 nitrogen and oxygen atoms in total. The van der Waals surface area contributed by atoms with Crippen molar-refractivity contribution in [2.45, 2.75) is 44.4 Å². The number of carbonyl (C=O) groups is 1. The molecule has 170 valence electrons. The SMILES string of the molecule is CC(C)(C)S(=O)(=O)NC(=O)c1cnc2ccc(N3CCC[C@@H]3c3cc(F)ccc3F)cn12. The molecule has 0 radical (unpaired) electrons. The zero-order chi connectivity index (χ0) is 23.3. The van der Waals surface area contributed by atoms with E-state index in [1.54, 1.807) is 18.3 Å². The number of anilines is 1. The molecular weight excluding hydrogens is 438 g/mol. The first kappa shape index (κ1) is 22.2. The van der Waals surface area contributed by atoms with Gasteiger partial charge in [-0.15, -0.1) is 0 Å². The number of halogens is 2. The lowest BCUT2D eigenvalue weighted by molar-refractivity contribution is 0.0975. The number of imidazole rings is 1. The summed E-state index contributed by atoms with van der Waals surface area (Å²) in [4.78, 5) is 18.9. The zero-order valence-electron chi connectivity index (χ0n) is 18.0. The molecule has 2 aromatic heterocycles. The second-order valence-corrected chi connectivity index (χ2v) is 11.3. The fourth-order valence-corrected chi connectivity index (χ4v) is 4.46. The van der Waals surface area contributed by atoms with Crippen LogP contribution in [0.2, 0.25) is 0 Å². The van der Waals surface area contributed by atoms with Crippen LogP contribution in [0.1, 0.15) is 55.7 Å². The molecule has 1 amide bonds. The quantitative estimate of drug-likeness (QED) is 0.638. The normalized spacial score (nSPS) is 17.2. The Hall–Kier alpha value is -3.01. The summed E-state index contributed by atoms with van der Waals surface area (Å²) < 4.78 is 55.4. The highest BCUT2D eigenvalue weighted by atomic mass is 32.2. The highest BCUT2D eigenvalue weighted by Crippen LogP contribution is 2.37. The van der Waals surface area contributed by atoms with Crippen LogP contribution in [0, 0.1) is 11.6 Å². The van der Waals surface area contributed by atoms with Gasteiger partial charge in [0.15, 0.2) is 0 Å². The molecule has 32 heavy (non-hydrogen) atoms. The van der Waals surface area contributed by atoms with Crippen molar-refractivity contribution in [3.8, 4) is 0 Å². The van der Waals surface area contributed by atoms with E-state index in [0.717, 1.165) is 18.6 Å².